The van der Waals surface area contributed by atoms with Gasteiger partial charge in [-0.05, 0) is 62.9 Å². The zero-order valence-corrected chi connectivity index (χ0v) is 20.7. The monoisotopic (exact) mass is 497 g/mol. The second-order valence-corrected chi connectivity index (χ2v) is 10.7. The fraction of sp³-hybridized carbons (Fsp3) is 0.308. The number of hydrogen-bond donors (Lipinski definition) is 1. The number of amides is 1. The minimum atomic E-state index is -3.96. The molecule has 0 bridgehead atoms. The summed E-state index contributed by atoms with van der Waals surface area (Å²) in [6.45, 7) is 5.52. The van der Waals surface area contributed by atoms with Crippen LogP contribution in [0.5, 0.6) is 0 Å². The van der Waals surface area contributed by atoms with E-state index in [1.165, 1.54) is 10.4 Å². The zero-order valence-electron chi connectivity index (χ0n) is 19.9. The van der Waals surface area contributed by atoms with Gasteiger partial charge in [-0.25, -0.2) is 12.8 Å². The van der Waals surface area contributed by atoms with Crippen molar-refractivity contribution in [1.29, 1.82) is 0 Å². The van der Waals surface area contributed by atoms with E-state index in [0.717, 1.165) is 11.1 Å². The molecule has 184 valence electrons. The summed E-state index contributed by atoms with van der Waals surface area (Å²) >= 11 is 0. The Morgan fingerprint density at radius 3 is 2.60 bits per heavy atom. The Hall–Kier alpha value is -3.30. The molecule has 1 aliphatic heterocycles. The molecule has 1 aromatic heterocycles. The lowest BCUT2D eigenvalue weighted by Gasteiger charge is -2.31. The normalized spacial score (nSPS) is 17.1. The van der Waals surface area contributed by atoms with Crippen LogP contribution in [0.1, 0.15) is 41.0 Å². The van der Waals surface area contributed by atoms with Gasteiger partial charge in [0.2, 0.25) is 15.9 Å². The zero-order chi connectivity index (χ0) is 25.2. The molecular weight excluding hydrogens is 469 g/mol. The smallest absolute Gasteiger partial charge is 0.248 e. The summed E-state index contributed by atoms with van der Waals surface area (Å²) in [7, 11) is -3.96. The molecule has 7 nitrogen and oxygen atoms in total. The van der Waals surface area contributed by atoms with Gasteiger partial charge >= 0.3 is 0 Å². The highest BCUT2D eigenvalue weighted by atomic mass is 32.2. The first-order chi connectivity index (χ1) is 16.6. The quantitative estimate of drug-likeness (QED) is 0.520. The van der Waals surface area contributed by atoms with E-state index in [-0.39, 0.29) is 35.3 Å². The van der Waals surface area contributed by atoms with Gasteiger partial charge in [0.05, 0.1) is 5.92 Å². The summed E-state index contributed by atoms with van der Waals surface area (Å²) in [5.41, 5.74) is 3.10. The van der Waals surface area contributed by atoms with Crippen molar-refractivity contribution in [1.82, 2.24) is 9.46 Å². The lowest BCUT2D eigenvalue weighted by Crippen LogP contribution is -2.43. The van der Waals surface area contributed by atoms with E-state index in [1.807, 2.05) is 31.2 Å². The molecule has 0 aliphatic carbocycles. The topological polar surface area (TPSA) is 92.5 Å². The summed E-state index contributed by atoms with van der Waals surface area (Å²) in [5, 5.41) is 6.59. The van der Waals surface area contributed by atoms with Crippen molar-refractivity contribution in [2.45, 2.75) is 38.5 Å². The average molecular weight is 498 g/mol. The molecule has 1 fully saturated rings. The SMILES string of the molecule is Cc1ccc(/C=C/c2onc(C)c2S(=O)(=O)N2CCC[C@@H](C(=O)Nc3ccc(C)c(F)c3)C2)cc1. The maximum atomic E-state index is 13.9. The second kappa shape index (κ2) is 10.1. The predicted octanol–water partition coefficient (Wildman–Crippen LogP) is 4.95. The van der Waals surface area contributed by atoms with Gasteiger partial charge in [-0.15, -0.1) is 0 Å². The number of nitrogens with one attached hydrogen (secondary N) is 1. The van der Waals surface area contributed by atoms with Crippen LogP contribution in [-0.4, -0.2) is 36.9 Å². The number of sulfonamides is 1. The van der Waals surface area contributed by atoms with Crippen LogP contribution in [0.15, 0.2) is 51.9 Å². The highest BCUT2D eigenvalue weighted by Gasteiger charge is 2.37. The Bertz CT molecular complexity index is 1360. The van der Waals surface area contributed by atoms with Gasteiger partial charge in [0.15, 0.2) is 10.7 Å². The van der Waals surface area contributed by atoms with Crippen LogP contribution in [0.4, 0.5) is 10.1 Å². The number of aryl methyl sites for hydroxylation is 3. The summed E-state index contributed by atoms with van der Waals surface area (Å²) in [4.78, 5) is 12.8. The van der Waals surface area contributed by atoms with Crippen molar-refractivity contribution < 1.29 is 22.1 Å². The average Bonchev–Trinajstić information content (AvgIpc) is 3.22. The Labute approximate surface area is 204 Å². The number of carbonyl (C=O) groups excluding carboxylic acids is 1. The lowest BCUT2D eigenvalue weighted by atomic mass is 9.98. The number of aromatic nitrogens is 1. The molecule has 3 aromatic rings. The van der Waals surface area contributed by atoms with Crippen LogP contribution < -0.4 is 5.32 Å². The molecule has 1 amide bonds. The van der Waals surface area contributed by atoms with E-state index in [0.29, 0.717) is 24.1 Å². The molecule has 1 aliphatic rings. The van der Waals surface area contributed by atoms with E-state index in [1.54, 1.807) is 38.1 Å². The number of benzene rings is 2. The van der Waals surface area contributed by atoms with Crippen LogP contribution in [0, 0.1) is 32.5 Å². The van der Waals surface area contributed by atoms with Gasteiger partial charge in [0, 0.05) is 18.8 Å². The molecule has 0 saturated carbocycles. The van der Waals surface area contributed by atoms with Crippen molar-refractivity contribution in [2.24, 2.45) is 5.92 Å². The van der Waals surface area contributed by atoms with Crippen molar-refractivity contribution in [3.05, 3.63) is 76.4 Å². The lowest BCUT2D eigenvalue weighted by molar-refractivity contribution is -0.120. The van der Waals surface area contributed by atoms with Gasteiger partial charge in [0.1, 0.15) is 11.5 Å². The third-order valence-corrected chi connectivity index (χ3v) is 8.15. The van der Waals surface area contributed by atoms with E-state index in [4.69, 9.17) is 4.52 Å². The summed E-state index contributed by atoms with van der Waals surface area (Å²) in [5.74, 6) is -1.17. The number of nitrogens with zero attached hydrogens (tertiary/aromatic N) is 2. The van der Waals surface area contributed by atoms with Crippen LogP contribution in [-0.2, 0) is 14.8 Å². The largest absolute Gasteiger partial charge is 0.355 e. The van der Waals surface area contributed by atoms with Gasteiger partial charge in [0.25, 0.3) is 0 Å². The van der Waals surface area contributed by atoms with Crippen molar-refractivity contribution >= 4 is 33.8 Å². The van der Waals surface area contributed by atoms with Gasteiger partial charge < -0.3 is 9.84 Å². The Morgan fingerprint density at radius 1 is 1.14 bits per heavy atom. The molecule has 2 aromatic carbocycles. The maximum Gasteiger partial charge on any atom is 0.248 e. The number of halogens is 1. The number of anilines is 1. The van der Waals surface area contributed by atoms with Crippen LogP contribution in [0.25, 0.3) is 12.2 Å². The third-order valence-electron chi connectivity index (χ3n) is 6.13. The highest BCUT2D eigenvalue weighted by Crippen LogP contribution is 2.30. The Morgan fingerprint density at radius 2 is 1.89 bits per heavy atom. The number of carbonyl (C=O) groups is 1. The number of piperidine rings is 1. The molecule has 2 heterocycles. The highest BCUT2D eigenvalue weighted by molar-refractivity contribution is 7.89. The molecule has 9 heteroatoms. The molecular formula is C26H28FN3O4S. The summed E-state index contributed by atoms with van der Waals surface area (Å²) in [6, 6.07) is 12.3. The Kier molecular flexibility index (Phi) is 7.18. The summed E-state index contributed by atoms with van der Waals surface area (Å²) < 4.78 is 47.6. The van der Waals surface area contributed by atoms with Crippen molar-refractivity contribution in [3.63, 3.8) is 0 Å². The number of rotatable bonds is 6. The molecule has 1 saturated heterocycles. The molecule has 1 atom stereocenters. The van der Waals surface area contributed by atoms with Gasteiger partial charge in [-0.2, -0.15) is 4.31 Å². The third kappa shape index (κ3) is 5.52. The fourth-order valence-electron chi connectivity index (χ4n) is 4.07. The second-order valence-electron chi connectivity index (χ2n) is 8.86. The first kappa shape index (κ1) is 24.8. The van der Waals surface area contributed by atoms with Crippen LogP contribution in [0.3, 0.4) is 0 Å². The van der Waals surface area contributed by atoms with Crippen LogP contribution in [0.2, 0.25) is 0 Å². The van der Waals surface area contributed by atoms with E-state index < -0.39 is 21.8 Å². The minimum Gasteiger partial charge on any atom is -0.355 e. The number of hydrogen-bond acceptors (Lipinski definition) is 5. The molecule has 0 radical (unpaired) electrons. The molecule has 35 heavy (non-hydrogen) atoms. The molecule has 4 rings (SSSR count). The Balaban J connectivity index is 1.52. The van der Waals surface area contributed by atoms with E-state index >= 15 is 0 Å². The van der Waals surface area contributed by atoms with Crippen LogP contribution >= 0.6 is 0 Å². The van der Waals surface area contributed by atoms with E-state index in [2.05, 4.69) is 10.5 Å². The van der Waals surface area contributed by atoms with Gasteiger partial charge in [-0.1, -0.05) is 47.1 Å². The molecule has 0 spiro atoms. The van der Waals surface area contributed by atoms with Crippen molar-refractivity contribution in [3.8, 4) is 0 Å². The summed E-state index contributed by atoms with van der Waals surface area (Å²) in [6.07, 6.45) is 4.43. The fourth-order valence-corrected chi connectivity index (χ4v) is 5.84. The first-order valence-electron chi connectivity index (χ1n) is 11.4. The maximum absolute atomic E-state index is 13.9. The van der Waals surface area contributed by atoms with Gasteiger partial charge in [-0.3, -0.25) is 4.79 Å². The minimum absolute atomic E-state index is 0.00234. The van der Waals surface area contributed by atoms with E-state index in [9.17, 15) is 17.6 Å². The molecule has 1 N–H and O–H groups in total. The first-order valence-corrected chi connectivity index (χ1v) is 12.9. The predicted molar refractivity (Wildman–Crippen MR) is 133 cm³/mol. The molecule has 0 unspecified atom stereocenters. The van der Waals surface area contributed by atoms with Crippen molar-refractivity contribution in [2.75, 3.05) is 18.4 Å². The standard InChI is InChI=1S/C26H28FN3O4S/c1-17-6-9-20(10-7-17)11-13-24-25(19(3)29-34-24)35(32,33)30-14-4-5-21(16-30)26(31)28-22-12-8-18(2)23(27)15-22/h6-13,15,21H,4-5,14,16H2,1-3H3,(H,28,31)/b13-11+/t21-/m1/s1.